The Morgan fingerprint density at radius 1 is 1.50 bits per heavy atom. The molecule has 0 heterocycles. The summed E-state index contributed by atoms with van der Waals surface area (Å²) in [6.07, 6.45) is 0. The van der Waals surface area contributed by atoms with Crippen LogP contribution in [0.1, 0.15) is 6.92 Å². The van der Waals surface area contributed by atoms with Crippen LogP contribution in [0, 0.1) is 11.8 Å². The molecule has 0 bridgehead atoms. The molecule has 3 heteroatoms. The third-order valence-corrected chi connectivity index (χ3v) is 0.433. The summed E-state index contributed by atoms with van der Waals surface area (Å²) in [6.45, 7) is 1.40. The van der Waals surface area contributed by atoms with E-state index in [2.05, 4.69) is 5.92 Å². The van der Waals surface area contributed by atoms with Crippen LogP contribution < -0.4 is 0 Å². The molecule has 0 fully saturated rings. The lowest BCUT2D eigenvalue weighted by molar-refractivity contribution is -0.146. The Morgan fingerprint density at radius 2 is 2.00 bits per heavy atom. The van der Waals surface area contributed by atoms with Crippen LogP contribution >= 0.6 is 0 Å². The molecule has 0 aromatic rings. The summed E-state index contributed by atoms with van der Waals surface area (Å²) >= 11 is 0. The first-order valence-electron chi connectivity index (χ1n) is 1.88. The van der Waals surface area contributed by atoms with Gasteiger partial charge >= 0.3 is 11.8 Å². The smallest absolute Gasteiger partial charge is 0.385 e. The third-order valence-electron chi connectivity index (χ3n) is 0.433. The molecule has 0 spiro atoms. The molecule has 0 saturated carbocycles. The van der Waals surface area contributed by atoms with Gasteiger partial charge < -0.3 is 5.11 Å². The minimum Gasteiger partial charge on any atom is -0.475 e. The first-order valence-corrected chi connectivity index (χ1v) is 1.88. The van der Waals surface area contributed by atoms with Crippen LogP contribution in [0.3, 0.4) is 0 Å². The largest absolute Gasteiger partial charge is 0.475 e. The van der Waals surface area contributed by atoms with E-state index in [0.29, 0.717) is 0 Å². The van der Waals surface area contributed by atoms with Gasteiger partial charge in [0.25, 0.3) is 0 Å². The Bertz CT molecular complexity index is 170. The van der Waals surface area contributed by atoms with E-state index in [1.165, 1.54) is 6.92 Å². The minimum atomic E-state index is -1.50. The SMILES string of the molecule is CC#CC(=O)C(=O)O. The lowest BCUT2D eigenvalue weighted by Crippen LogP contribution is -2.08. The van der Waals surface area contributed by atoms with Gasteiger partial charge in [0.05, 0.1) is 0 Å². The summed E-state index contributed by atoms with van der Waals surface area (Å²) in [5.74, 6) is 1.46. The third kappa shape index (κ3) is 1.98. The van der Waals surface area contributed by atoms with Gasteiger partial charge in [0.1, 0.15) is 0 Å². The Kier molecular flexibility index (Phi) is 2.35. The molecular formula is C5H4O3. The number of aliphatic carboxylic acids is 1. The Morgan fingerprint density at radius 3 is 2.12 bits per heavy atom. The second-order valence-electron chi connectivity index (χ2n) is 1.01. The molecule has 0 saturated heterocycles. The molecule has 0 aliphatic carbocycles. The summed E-state index contributed by atoms with van der Waals surface area (Å²) in [5.41, 5.74) is 0. The van der Waals surface area contributed by atoms with E-state index in [0.717, 1.165) is 0 Å². The molecule has 1 N–H and O–H groups in total. The molecule has 0 amide bonds. The van der Waals surface area contributed by atoms with Gasteiger partial charge in [0, 0.05) is 0 Å². The molecule has 0 atom stereocenters. The fourth-order valence-corrected chi connectivity index (χ4v) is 0.167. The van der Waals surface area contributed by atoms with Crippen molar-refractivity contribution in [1.82, 2.24) is 0 Å². The monoisotopic (exact) mass is 112 g/mol. The zero-order valence-corrected chi connectivity index (χ0v) is 4.26. The molecule has 0 unspecified atom stereocenters. The van der Waals surface area contributed by atoms with Crippen molar-refractivity contribution in [2.45, 2.75) is 6.92 Å². The topological polar surface area (TPSA) is 54.4 Å². The Balaban J connectivity index is 3.99. The molecule has 0 aliphatic heterocycles. The van der Waals surface area contributed by atoms with E-state index in [1.54, 1.807) is 0 Å². The van der Waals surface area contributed by atoms with Gasteiger partial charge in [-0.1, -0.05) is 5.92 Å². The number of rotatable bonds is 1. The minimum absolute atomic E-state index is 1.06. The summed E-state index contributed by atoms with van der Waals surface area (Å²) in [4.78, 5) is 19.6. The standard InChI is InChI=1S/C5H4O3/c1-2-3-4(6)5(7)8/h1H3,(H,7,8). The highest BCUT2D eigenvalue weighted by atomic mass is 16.4. The molecule has 42 valence electrons. The number of hydrogen-bond acceptors (Lipinski definition) is 2. The average molecular weight is 112 g/mol. The highest BCUT2D eigenvalue weighted by Crippen LogP contribution is 1.65. The zero-order valence-electron chi connectivity index (χ0n) is 4.26. The van der Waals surface area contributed by atoms with Gasteiger partial charge in [-0.2, -0.15) is 0 Å². The van der Waals surface area contributed by atoms with E-state index < -0.39 is 11.8 Å². The summed E-state index contributed by atoms with van der Waals surface area (Å²) < 4.78 is 0. The number of carbonyl (C=O) groups excluding carboxylic acids is 1. The van der Waals surface area contributed by atoms with Gasteiger partial charge in [-0.25, -0.2) is 4.79 Å². The van der Waals surface area contributed by atoms with Crippen molar-refractivity contribution in [3.63, 3.8) is 0 Å². The van der Waals surface area contributed by atoms with Crippen LogP contribution in [-0.2, 0) is 9.59 Å². The van der Waals surface area contributed by atoms with Crippen LogP contribution in [-0.4, -0.2) is 16.9 Å². The van der Waals surface area contributed by atoms with Gasteiger partial charge in [-0.05, 0) is 12.8 Å². The second-order valence-corrected chi connectivity index (χ2v) is 1.01. The van der Waals surface area contributed by atoms with E-state index in [-0.39, 0.29) is 0 Å². The first-order chi connectivity index (χ1) is 3.68. The molecule has 0 aliphatic rings. The van der Waals surface area contributed by atoms with Gasteiger partial charge in [0.2, 0.25) is 0 Å². The second kappa shape index (κ2) is 2.80. The molecule has 0 radical (unpaired) electrons. The summed E-state index contributed by atoms with van der Waals surface area (Å²) in [6, 6.07) is 0. The number of ketones is 1. The molecule has 3 nitrogen and oxygen atoms in total. The number of Topliss-reactive ketones (excluding diaryl/α,β-unsaturated/α-hetero) is 1. The summed E-state index contributed by atoms with van der Waals surface area (Å²) in [5, 5.41) is 7.86. The molecule has 0 rings (SSSR count). The van der Waals surface area contributed by atoms with Crippen LogP contribution in [0.25, 0.3) is 0 Å². The maximum absolute atomic E-state index is 9.97. The number of carboxylic acids is 1. The Hall–Kier alpha value is -1.30. The lowest BCUT2D eigenvalue weighted by atomic mass is 10.4. The van der Waals surface area contributed by atoms with E-state index in [9.17, 15) is 9.59 Å². The van der Waals surface area contributed by atoms with Crippen LogP contribution in [0.2, 0.25) is 0 Å². The highest BCUT2D eigenvalue weighted by molar-refractivity contribution is 6.40. The maximum Gasteiger partial charge on any atom is 0.385 e. The van der Waals surface area contributed by atoms with Gasteiger partial charge in [0.15, 0.2) is 0 Å². The van der Waals surface area contributed by atoms with Crippen molar-refractivity contribution in [1.29, 1.82) is 0 Å². The fourth-order valence-electron chi connectivity index (χ4n) is 0.167. The number of carbonyl (C=O) groups is 2. The number of carboxylic acid groups (broad SMARTS) is 1. The summed E-state index contributed by atoms with van der Waals surface area (Å²) in [7, 11) is 0. The van der Waals surface area contributed by atoms with Crippen molar-refractivity contribution in [2.75, 3.05) is 0 Å². The van der Waals surface area contributed by atoms with Crippen molar-refractivity contribution in [3.05, 3.63) is 0 Å². The van der Waals surface area contributed by atoms with Crippen molar-refractivity contribution >= 4 is 11.8 Å². The average Bonchev–Trinajstić information content (AvgIpc) is 1.67. The quantitative estimate of drug-likeness (QED) is 0.287. The highest BCUT2D eigenvalue weighted by Gasteiger charge is 2.04. The zero-order chi connectivity index (χ0) is 6.57. The van der Waals surface area contributed by atoms with Crippen LogP contribution in [0.4, 0.5) is 0 Å². The molecule has 0 aromatic carbocycles. The fraction of sp³-hybridized carbons (Fsp3) is 0.200. The van der Waals surface area contributed by atoms with Crippen LogP contribution in [0.5, 0.6) is 0 Å². The molecular weight excluding hydrogens is 108 g/mol. The maximum atomic E-state index is 9.97. The molecule has 8 heavy (non-hydrogen) atoms. The van der Waals surface area contributed by atoms with Crippen molar-refractivity contribution in [3.8, 4) is 11.8 Å². The van der Waals surface area contributed by atoms with E-state index >= 15 is 0 Å². The predicted molar refractivity (Wildman–Crippen MR) is 26.1 cm³/mol. The van der Waals surface area contributed by atoms with Crippen molar-refractivity contribution < 1.29 is 14.7 Å². The van der Waals surface area contributed by atoms with Crippen molar-refractivity contribution in [2.24, 2.45) is 0 Å². The first kappa shape index (κ1) is 6.70. The predicted octanol–water partition coefficient (Wildman–Crippen LogP) is -0.337. The Labute approximate surface area is 46.3 Å². The van der Waals surface area contributed by atoms with Gasteiger partial charge in [-0.3, -0.25) is 4.79 Å². The van der Waals surface area contributed by atoms with E-state index in [4.69, 9.17) is 5.11 Å². The lowest BCUT2D eigenvalue weighted by Gasteiger charge is -1.74. The van der Waals surface area contributed by atoms with Crippen LogP contribution in [0.15, 0.2) is 0 Å². The van der Waals surface area contributed by atoms with Gasteiger partial charge in [-0.15, -0.1) is 0 Å². The van der Waals surface area contributed by atoms with E-state index in [1.807, 2.05) is 5.92 Å². The molecule has 0 aromatic heterocycles. The normalized spacial score (nSPS) is 6.62. The number of hydrogen-bond donors (Lipinski definition) is 1.